The van der Waals surface area contributed by atoms with Gasteiger partial charge in [-0.15, -0.1) is 0 Å². The fourth-order valence-electron chi connectivity index (χ4n) is 2.62. The Morgan fingerprint density at radius 2 is 2.00 bits per heavy atom. The number of hydrogen-bond acceptors (Lipinski definition) is 5. The molecule has 6 nitrogen and oxygen atoms in total. The molecular formula is C19H17ClN2O4. The Balaban J connectivity index is 1.78. The highest BCUT2D eigenvalue weighted by Gasteiger charge is 2.16. The van der Waals surface area contributed by atoms with Crippen molar-refractivity contribution in [2.24, 2.45) is 5.10 Å². The van der Waals surface area contributed by atoms with Crippen LogP contribution in [0, 0.1) is 6.92 Å². The first kappa shape index (κ1) is 17.8. The molecule has 0 aliphatic heterocycles. The molecule has 0 radical (unpaired) electrons. The van der Waals surface area contributed by atoms with Gasteiger partial charge in [-0.1, -0.05) is 29.8 Å². The molecule has 0 saturated heterocycles. The molecule has 7 heteroatoms. The Kier molecular flexibility index (Phi) is 5.14. The quantitative estimate of drug-likeness (QED) is 0.538. The minimum Gasteiger partial charge on any atom is -0.493 e. The molecule has 26 heavy (non-hydrogen) atoms. The number of aryl methyl sites for hydroxylation is 1. The normalized spacial score (nSPS) is 11.1. The first-order valence-corrected chi connectivity index (χ1v) is 8.16. The number of hydrogen-bond donors (Lipinski definition) is 1. The van der Waals surface area contributed by atoms with Crippen molar-refractivity contribution in [3.8, 4) is 11.5 Å². The summed E-state index contributed by atoms with van der Waals surface area (Å²) in [5.74, 6) is 0.712. The molecule has 1 aromatic heterocycles. The van der Waals surface area contributed by atoms with Crippen molar-refractivity contribution in [1.82, 2.24) is 5.43 Å². The Hall–Kier alpha value is -2.99. The molecule has 3 rings (SSSR count). The molecule has 0 saturated carbocycles. The third kappa shape index (κ3) is 3.36. The van der Waals surface area contributed by atoms with Crippen molar-refractivity contribution < 1.29 is 18.7 Å². The van der Waals surface area contributed by atoms with Gasteiger partial charge in [0.25, 0.3) is 0 Å². The summed E-state index contributed by atoms with van der Waals surface area (Å²) >= 11 is 6.15. The lowest BCUT2D eigenvalue weighted by Gasteiger charge is -2.09. The van der Waals surface area contributed by atoms with Crippen LogP contribution in [-0.4, -0.2) is 26.3 Å². The number of furan rings is 1. The monoisotopic (exact) mass is 372 g/mol. The van der Waals surface area contributed by atoms with Gasteiger partial charge < -0.3 is 13.9 Å². The molecule has 0 atom stereocenters. The maximum Gasteiger partial charge on any atom is 0.307 e. The number of amides is 1. The molecule has 0 aliphatic rings. The lowest BCUT2D eigenvalue weighted by atomic mass is 10.1. The number of nitrogens with zero attached hydrogens (tertiary/aromatic N) is 1. The Morgan fingerprint density at radius 3 is 2.69 bits per heavy atom. The largest absolute Gasteiger partial charge is 0.493 e. The van der Waals surface area contributed by atoms with Gasteiger partial charge in [0.05, 0.1) is 25.5 Å². The third-order valence-corrected chi connectivity index (χ3v) is 4.17. The summed E-state index contributed by atoms with van der Waals surface area (Å²) in [6.45, 7) is 1.83. The summed E-state index contributed by atoms with van der Waals surface area (Å²) in [4.78, 5) is 12.3. The summed E-state index contributed by atoms with van der Waals surface area (Å²) in [6, 6.07) is 10.8. The van der Waals surface area contributed by atoms with E-state index < -0.39 is 5.91 Å². The van der Waals surface area contributed by atoms with Gasteiger partial charge in [0.15, 0.2) is 17.3 Å². The van der Waals surface area contributed by atoms with Gasteiger partial charge in [0.1, 0.15) is 5.58 Å². The second kappa shape index (κ2) is 7.49. The second-order valence-electron chi connectivity index (χ2n) is 5.49. The van der Waals surface area contributed by atoms with Gasteiger partial charge in [0.2, 0.25) is 0 Å². The zero-order chi connectivity index (χ0) is 18.7. The van der Waals surface area contributed by atoms with Crippen LogP contribution in [0.25, 0.3) is 11.0 Å². The maximum atomic E-state index is 12.3. The van der Waals surface area contributed by atoms with Gasteiger partial charge >= 0.3 is 5.91 Å². The zero-order valence-electron chi connectivity index (χ0n) is 14.5. The van der Waals surface area contributed by atoms with Crippen LogP contribution in [-0.2, 0) is 0 Å². The highest BCUT2D eigenvalue weighted by Crippen LogP contribution is 2.35. The van der Waals surface area contributed by atoms with Crippen molar-refractivity contribution in [3.63, 3.8) is 0 Å². The van der Waals surface area contributed by atoms with E-state index in [1.165, 1.54) is 20.4 Å². The predicted molar refractivity (Wildman–Crippen MR) is 101 cm³/mol. The smallest absolute Gasteiger partial charge is 0.307 e. The molecule has 0 aliphatic carbocycles. The highest BCUT2D eigenvalue weighted by molar-refractivity contribution is 6.32. The number of ether oxygens (including phenoxy) is 2. The number of benzene rings is 2. The van der Waals surface area contributed by atoms with Crippen molar-refractivity contribution in [2.45, 2.75) is 6.92 Å². The Labute approximate surface area is 155 Å². The molecule has 1 amide bonds. The molecule has 1 N–H and O–H groups in total. The molecule has 2 aromatic carbocycles. The number of nitrogens with one attached hydrogen (secondary N) is 1. The first-order chi connectivity index (χ1) is 12.5. The van der Waals surface area contributed by atoms with E-state index in [0.717, 1.165) is 10.9 Å². The lowest BCUT2D eigenvalue weighted by Crippen LogP contribution is -2.17. The summed E-state index contributed by atoms with van der Waals surface area (Å²) in [5.41, 5.74) is 4.53. The van der Waals surface area contributed by atoms with E-state index in [2.05, 4.69) is 10.5 Å². The number of halogens is 1. The topological polar surface area (TPSA) is 73.1 Å². The van der Waals surface area contributed by atoms with Crippen molar-refractivity contribution >= 4 is 34.7 Å². The molecule has 1 heterocycles. The van der Waals surface area contributed by atoms with Gasteiger partial charge in [-0.25, -0.2) is 5.43 Å². The van der Waals surface area contributed by atoms with Crippen LogP contribution in [0.4, 0.5) is 0 Å². The van der Waals surface area contributed by atoms with Crippen LogP contribution in [0.1, 0.15) is 21.7 Å². The number of methoxy groups -OCH3 is 2. The van der Waals surface area contributed by atoms with Crippen LogP contribution in [0.2, 0.25) is 5.02 Å². The minimum atomic E-state index is -0.429. The van der Waals surface area contributed by atoms with Gasteiger partial charge in [0, 0.05) is 10.9 Å². The lowest BCUT2D eigenvalue weighted by molar-refractivity contribution is 0.0929. The van der Waals surface area contributed by atoms with Crippen LogP contribution < -0.4 is 14.9 Å². The van der Waals surface area contributed by atoms with Crippen LogP contribution >= 0.6 is 11.6 Å². The fourth-order valence-corrected chi connectivity index (χ4v) is 2.92. The summed E-state index contributed by atoms with van der Waals surface area (Å²) in [6.07, 6.45) is 1.46. The average molecular weight is 373 g/mol. The number of carbonyl (C=O) groups excluding carboxylic acids is 1. The van der Waals surface area contributed by atoms with E-state index >= 15 is 0 Å². The summed E-state index contributed by atoms with van der Waals surface area (Å²) in [7, 11) is 3.02. The predicted octanol–water partition coefficient (Wildman–Crippen LogP) is 4.18. The molecule has 134 valence electrons. The second-order valence-corrected chi connectivity index (χ2v) is 5.90. The Morgan fingerprint density at radius 1 is 1.23 bits per heavy atom. The van der Waals surface area contributed by atoms with Crippen LogP contribution in [0.15, 0.2) is 45.9 Å². The number of rotatable bonds is 5. The standard InChI is InChI=1S/C19H17ClN2O4/c1-11-13-6-4-5-7-15(13)26-17(11)19(23)22-21-10-12-8-14(20)18(25-3)16(9-12)24-2/h4-10H,1-3H3,(H,22,23)/b21-10-. The van der Waals surface area contributed by atoms with Gasteiger partial charge in [-0.3, -0.25) is 4.79 Å². The minimum absolute atomic E-state index is 0.230. The van der Waals surface area contributed by atoms with Crippen LogP contribution in [0.3, 0.4) is 0 Å². The van der Waals surface area contributed by atoms with Crippen molar-refractivity contribution in [3.05, 3.63) is 58.3 Å². The zero-order valence-corrected chi connectivity index (χ0v) is 15.3. The van der Waals surface area contributed by atoms with E-state index in [-0.39, 0.29) is 5.76 Å². The SMILES string of the molecule is COc1cc(/C=N\NC(=O)c2oc3ccccc3c2C)cc(Cl)c1OC. The van der Waals surface area contributed by atoms with Crippen molar-refractivity contribution in [2.75, 3.05) is 14.2 Å². The van der Waals surface area contributed by atoms with Gasteiger partial charge in [-0.2, -0.15) is 5.10 Å². The molecule has 0 fully saturated rings. The maximum absolute atomic E-state index is 12.3. The number of para-hydroxylation sites is 1. The van der Waals surface area contributed by atoms with Crippen LogP contribution in [0.5, 0.6) is 11.5 Å². The van der Waals surface area contributed by atoms with Gasteiger partial charge in [-0.05, 0) is 30.7 Å². The molecule has 0 unspecified atom stereocenters. The molecule has 0 bridgehead atoms. The van der Waals surface area contributed by atoms with E-state index in [1.54, 1.807) is 12.1 Å². The highest BCUT2D eigenvalue weighted by atomic mass is 35.5. The van der Waals surface area contributed by atoms with Crippen molar-refractivity contribution in [1.29, 1.82) is 0 Å². The summed E-state index contributed by atoms with van der Waals surface area (Å²) in [5, 5.41) is 5.24. The molecular weight excluding hydrogens is 356 g/mol. The van der Waals surface area contributed by atoms with E-state index in [0.29, 0.717) is 27.7 Å². The number of hydrazone groups is 1. The Bertz CT molecular complexity index is 995. The van der Waals surface area contributed by atoms with E-state index in [9.17, 15) is 4.79 Å². The molecule has 3 aromatic rings. The third-order valence-electron chi connectivity index (χ3n) is 3.89. The average Bonchev–Trinajstić information content (AvgIpc) is 2.98. The van der Waals surface area contributed by atoms with E-state index in [4.69, 9.17) is 25.5 Å². The first-order valence-electron chi connectivity index (χ1n) is 7.78. The molecule has 0 spiro atoms. The van der Waals surface area contributed by atoms with E-state index in [1.807, 2.05) is 31.2 Å². The number of fused-ring (bicyclic) bond motifs is 1. The summed E-state index contributed by atoms with van der Waals surface area (Å²) < 4.78 is 16.0. The number of carbonyl (C=O) groups is 1. The fraction of sp³-hybridized carbons (Fsp3) is 0.158.